The molecule has 28 heavy (non-hydrogen) atoms. The molecule has 3 heteroatoms. The van der Waals surface area contributed by atoms with Crippen molar-refractivity contribution in [1.82, 2.24) is 4.57 Å². The van der Waals surface area contributed by atoms with Gasteiger partial charge < -0.3 is 8.98 Å². The molecule has 0 aliphatic rings. The minimum atomic E-state index is -0.000493. The molecule has 6 rings (SSSR count). The molecule has 0 aliphatic heterocycles. The fourth-order valence-corrected chi connectivity index (χ4v) is 4.13. The lowest BCUT2D eigenvalue weighted by atomic mass is 10.1. The second-order valence-electron chi connectivity index (χ2n) is 6.98. The maximum absolute atomic E-state index is 13.1. The third-order valence-corrected chi connectivity index (χ3v) is 5.40. The van der Waals surface area contributed by atoms with Gasteiger partial charge in [0.2, 0.25) is 5.43 Å². The van der Waals surface area contributed by atoms with Crippen LogP contribution >= 0.6 is 0 Å². The highest BCUT2D eigenvalue weighted by atomic mass is 16.3. The fourth-order valence-electron chi connectivity index (χ4n) is 4.13. The Hall–Kier alpha value is -3.85. The summed E-state index contributed by atoms with van der Waals surface area (Å²) < 4.78 is 8.17. The van der Waals surface area contributed by atoms with E-state index in [2.05, 4.69) is 41.0 Å². The zero-order chi connectivity index (χ0) is 18.7. The van der Waals surface area contributed by atoms with Crippen LogP contribution in [-0.4, -0.2) is 4.57 Å². The Kier molecular flexibility index (Phi) is 3.03. The van der Waals surface area contributed by atoms with Crippen molar-refractivity contribution in [3.05, 3.63) is 101 Å². The number of nitrogens with zero attached hydrogens (tertiary/aromatic N) is 1. The molecule has 6 aromatic rings. The first-order valence-corrected chi connectivity index (χ1v) is 9.25. The summed E-state index contributed by atoms with van der Waals surface area (Å²) in [6, 6.07) is 29.9. The number of aromatic nitrogens is 1. The standard InChI is InChI=1S/C25H15NO2/c27-25-19-9-3-6-12-23(19)28-24-14-13-16(15-20(24)25)26-21-10-4-1-7-17(21)18-8-2-5-11-22(18)26/h1-15H. The number of hydrogen-bond acceptors (Lipinski definition) is 2. The Morgan fingerprint density at radius 1 is 0.571 bits per heavy atom. The molecule has 0 bridgehead atoms. The fraction of sp³-hybridized carbons (Fsp3) is 0. The number of para-hydroxylation sites is 3. The lowest BCUT2D eigenvalue weighted by Crippen LogP contribution is -2.03. The molecule has 0 atom stereocenters. The highest BCUT2D eigenvalue weighted by Gasteiger charge is 2.13. The Balaban J connectivity index is 1.74. The summed E-state index contributed by atoms with van der Waals surface area (Å²) in [6.07, 6.45) is 0. The van der Waals surface area contributed by atoms with Gasteiger partial charge in [-0.25, -0.2) is 0 Å². The van der Waals surface area contributed by atoms with Gasteiger partial charge in [-0.3, -0.25) is 4.79 Å². The van der Waals surface area contributed by atoms with E-state index in [9.17, 15) is 4.79 Å². The molecule has 2 aromatic heterocycles. The lowest BCUT2D eigenvalue weighted by Gasteiger charge is -2.09. The number of benzene rings is 4. The molecule has 2 heterocycles. The largest absolute Gasteiger partial charge is 0.456 e. The molecule has 3 nitrogen and oxygen atoms in total. The van der Waals surface area contributed by atoms with Crippen LogP contribution in [0.25, 0.3) is 49.4 Å². The molecule has 0 saturated heterocycles. The molecule has 0 aliphatic carbocycles. The van der Waals surface area contributed by atoms with Gasteiger partial charge in [-0.2, -0.15) is 0 Å². The monoisotopic (exact) mass is 361 g/mol. The minimum absolute atomic E-state index is 0.000493. The molecule has 0 unspecified atom stereocenters. The molecular formula is C25H15NO2. The van der Waals surface area contributed by atoms with Gasteiger partial charge in [0.15, 0.2) is 0 Å². The molecule has 0 fully saturated rings. The van der Waals surface area contributed by atoms with Crippen molar-refractivity contribution in [3.8, 4) is 5.69 Å². The second kappa shape index (κ2) is 5.57. The third kappa shape index (κ3) is 2.01. The average Bonchev–Trinajstić information content (AvgIpc) is 3.08. The summed E-state index contributed by atoms with van der Waals surface area (Å²) in [4.78, 5) is 13.1. The van der Waals surface area contributed by atoms with Crippen molar-refractivity contribution >= 4 is 43.7 Å². The van der Waals surface area contributed by atoms with Gasteiger partial charge in [0.1, 0.15) is 11.2 Å². The van der Waals surface area contributed by atoms with E-state index in [4.69, 9.17) is 4.42 Å². The Bertz CT molecular complexity index is 1530. The van der Waals surface area contributed by atoms with E-state index in [0.717, 1.165) is 16.7 Å². The first kappa shape index (κ1) is 15.2. The van der Waals surface area contributed by atoms with Crippen molar-refractivity contribution in [2.45, 2.75) is 0 Å². The van der Waals surface area contributed by atoms with Crippen LogP contribution in [0.15, 0.2) is 100 Å². The van der Waals surface area contributed by atoms with E-state index in [1.165, 1.54) is 10.8 Å². The Morgan fingerprint density at radius 3 is 1.86 bits per heavy atom. The second-order valence-corrected chi connectivity index (χ2v) is 6.98. The number of hydrogen-bond donors (Lipinski definition) is 0. The van der Waals surface area contributed by atoms with Crippen molar-refractivity contribution < 1.29 is 4.42 Å². The van der Waals surface area contributed by atoms with Gasteiger partial charge >= 0.3 is 0 Å². The summed E-state index contributed by atoms with van der Waals surface area (Å²) in [6.45, 7) is 0. The van der Waals surface area contributed by atoms with Crippen molar-refractivity contribution in [2.75, 3.05) is 0 Å². The number of rotatable bonds is 1. The maximum Gasteiger partial charge on any atom is 0.200 e. The van der Waals surface area contributed by atoms with Gasteiger partial charge in [0, 0.05) is 16.5 Å². The molecule has 0 spiro atoms. The third-order valence-electron chi connectivity index (χ3n) is 5.40. The predicted molar refractivity (Wildman–Crippen MR) is 114 cm³/mol. The van der Waals surface area contributed by atoms with Gasteiger partial charge in [-0.15, -0.1) is 0 Å². The van der Waals surface area contributed by atoms with E-state index in [-0.39, 0.29) is 5.43 Å². The van der Waals surface area contributed by atoms with E-state index in [1.54, 1.807) is 0 Å². The average molecular weight is 361 g/mol. The molecule has 0 radical (unpaired) electrons. The van der Waals surface area contributed by atoms with Crippen LogP contribution in [0, 0.1) is 0 Å². The van der Waals surface area contributed by atoms with E-state index >= 15 is 0 Å². The molecule has 4 aromatic carbocycles. The van der Waals surface area contributed by atoms with Crippen molar-refractivity contribution in [1.29, 1.82) is 0 Å². The minimum Gasteiger partial charge on any atom is -0.456 e. The number of fused-ring (bicyclic) bond motifs is 5. The molecule has 132 valence electrons. The first-order valence-electron chi connectivity index (χ1n) is 9.25. The highest BCUT2D eigenvalue weighted by molar-refractivity contribution is 6.09. The SMILES string of the molecule is O=c1c2ccccc2oc2ccc(-n3c4ccccc4c4ccccc43)cc12. The van der Waals surface area contributed by atoms with Gasteiger partial charge in [-0.1, -0.05) is 48.5 Å². The summed E-state index contributed by atoms with van der Waals surface area (Å²) in [5.74, 6) is 0. The van der Waals surface area contributed by atoms with Crippen LogP contribution in [0.1, 0.15) is 0 Å². The van der Waals surface area contributed by atoms with Crippen LogP contribution in [-0.2, 0) is 0 Å². The zero-order valence-electron chi connectivity index (χ0n) is 14.9. The summed E-state index contributed by atoms with van der Waals surface area (Å²) in [5, 5.41) is 3.60. The lowest BCUT2D eigenvalue weighted by molar-refractivity contribution is 0.660. The molecule has 0 amide bonds. The summed E-state index contributed by atoms with van der Waals surface area (Å²) in [7, 11) is 0. The van der Waals surface area contributed by atoms with Gasteiger partial charge in [-0.05, 0) is 42.5 Å². The van der Waals surface area contributed by atoms with Crippen LogP contribution in [0.3, 0.4) is 0 Å². The predicted octanol–water partition coefficient (Wildman–Crippen LogP) is 6.04. The van der Waals surface area contributed by atoms with Crippen LogP contribution in [0.4, 0.5) is 0 Å². The normalized spacial score (nSPS) is 11.7. The van der Waals surface area contributed by atoms with Gasteiger partial charge in [0.25, 0.3) is 0 Å². The van der Waals surface area contributed by atoms with E-state index in [0.29, 0.717) is 21.9 Å². The van der Waals surface area contributed by atoms with Crippen molar-refractivity contribution in [3.63, 3.8) is 0 Å². The first-order chi connectivity index (χ1) is 13.8. The quantitative estimate of drug-likeness (QED) is 0.335. The Labute approximate surface area is 160 Å². The molecular weight excluding hydrogens is 346 g/mol. The van der Waals surface area contributed by atoms with Gasteiger partial charge in [0.05, 0.1) is 21.8 Å². The summed E-state index contributed by atoms with van der Waals surface area (Å²) >= 11 is 0. The van der Waals surface area contributed by atoms with E-state index in [1.807, 2.05) is 54.6 Å². The Morgan fingerprint density at radius 2 is 1.14 bits per heavy atom. The van der Waals surface area contributed by atoms with Crippen LogP contribution < -0.4 is 5.43 Å². The highest BCUT2D eigenvalue weighted by Crippen LogP contribution is 2.32. The zero-order valence-corrected chi connectivity index (χ0v) is 14.9. The van der Waals surface area contributed by atoms with Crippen molar-refractivity contribution in [2.24, 2.45) is 0 Å². The maximum atomic E-state index is 13.1. The molecule has 0 saturated carbocycles. The van der Waals surface area contributed by atoms with Crippen LogP contribution in [0.2, 0.25) is 0 Å². The smallest absolute Gasteiger partial charge is 0.200 e. The topological polar surface area (TPSA) is 35.1 Å². The summed E-state index contributed by atoms with van der Waals surface area (Å²) in [5.41, 5.74) is 4.41. The van der Waals surface area contributed by atoms with E-state index < -0.39 is 0 Å². The molecule has 0 N–H and O–H groups in total. The van der Waals surface area contributed by atoms with Crippen LogP contribution in [0.5, 0.6) is 0 Å².